The summed E-state index contributed by atoms with van der Waals surface area (Å²) < 4.78 is 23.4. The fourth-order valence-corrected chi connectivity index (χ4v) is 3.08. The van der Waals surface area contributed by atoms with E-state index in [9.17, 15) is 19.3 Å². The maximum atomic E-state index is 12.2. The van der Waals surface area contributed by atoms with E-state index >= 15 is 0 Å². The van der Waals surface area contributed by atoms with Crippen LogP contribution in [0, 0.1) is 6.92 Å². The van der Waals surface area contributed by atoms with Crippen LogP contribution in [0.15, 0.2) is 27.7 Å². The van der Waals surface area contributed by atoms with Gasteiger partial charge in [-0.1, -0.05) is 0 Å². The van der Waals surface area contributed by atoms with Crippen molar-refractivity contribution in [1.29, 1.82) is 0 Å². The fourth-order valence-electron chi connectivity index (χ4n) is 1.70. The van der Waals surface area contributed by atoms with E-state index in [1.165, 1.54) is 18.1 Å². The normalized spacial score (nSPS) is 13.6. The Kier molecular flexibility index (Phi) is 6.96. The molecule has 0 aliphatic rings. The third-order valence-electron chi connectivity index (χ3n) is 2.68. The highest BCUT2D eigenvalue weighted by Crippen LogP contribution is 2.49. The Balaban J connectivity index is 2.85. The third-order valence-corrected chi connectivity index (χ3v) is 4.46. The molecule has 1 heterocycles. The number of aryl methyl sites for hydroxylation is 1. The minimum atomic E-state index is -3.39. The van der Waals surface area contributed by atoms with E-state index in [0.717, 1.165) is 4.57 Å². The van der Waals surface area contributed by atoms with Crippen molar-refractivity contribution < 1.29 is 18.7 Å². The van der Waals surface area contributed by atoms with E-state index in [2.05, 4.69) is 4.98 Å². The first-order valence-corrected chi connectivity index (χ1v) is 8.49. The largest absolute Gasteiger partial charge is 0.387 e. The molecule has 1 atom stereocenters. The Morgan fingerprint density at radius 3 is 2.50 bits per heavy atom. The SMILES string of the molecule is CCOP(=O)(/C=C/C(O)Cn1cc(C)c(=O)[nH]c1=O)OCC. The van der Waals surface area contributed by atoms with Crippen LogP contribution in [0.3, 0.4) is 0 Å². The topological polar surface area (TPSA) is 111 Å². The van der Waals surface area contributed by atoms with Gasteiger partial charge in [-0.05, 0) is 26.8 Å². The standard InChI is InChI=1S/C13H21N2O6P/c1-4-20-22(19,21-5-2)7-6-11(16)9-15-8-10(3)12(17)14-13(15)18/h6-8,11,16H,4-5,9H2,1-3H3,(H,14,17,18)/b7-6+. The van der Waals surface area contributed by atoms with E-state index < -0.39 is 24.9 Å². The smallest absolute Gasteiger partial charge is 0.353 e. The Morgan fingerprint density at radius 2 is 1.95 bits per heavy atom. The van der Waals surface area contributed by atoms with Crippen LogP contribution in [-0.4, -0.2) is 34.0 Å². The van der Waals surface area contributed by atoms with Crippen LogP contribution < -0.4 is 11.2 Å². The Bertz CT molecular complexity index is 668. The molecule has 2 N–H and O–H groups in total. The molecule has 0 saturated heterocycles. The summed E-state index contributed by atoms with van der Waals surface area (Å²) in [5.41, 5.74) is -0.741. The van der Waals surface area contributed by atoms with E-state index in [4.69, 9.17) is 9.05 Å². The summed E-state index contributed by atoms with van der Waals surface area (Å²) in [6.45, 7) is 5.23. The van der Waals surface area contributed by atoms with E-state index in [-0.39, 0.29) is 19.8 Å². The van der Waals surface area contributed by atoms with Gasteiger partial charge in [0.15, 0.2) is 0 Å². The molecule has 0 amide bonds. The lowest BCUT2D eigenvalue weighted by atomic mass is 10.3. The van der Waals surface area contributed by atoms with E-state index in [1.54, 1.807) is 20.8 Å². The lowest BCUT2D eigenvalue weighted by Gasteiger charge is -2.14. The van der Waals surface area contributed by atoms with Crippen molar-refractivity contribution in [1.82, 2.24) is 9.55 Å². The minimum Gasteiger partial charge on any atom is -0.387 e. The number of hydrogen-bond acceptors (Lipinski definition) is 6. The van der Waals surface area contributed by atoms with Gasteiger partial charge in [0, 0.05) is 17.6 Å². The summed E-state index contributed by atoms with van der Waals surface area (Å²) in [5.74, 6) is 1.17. The number of aliphatic hydroxyl groups excluding tert-OH is 1. The molecule has 8 nitrogen and oxygen atoms in total. The van der Waals surface area contributed by atoms with Gasteiger partial charge in [0.1, 0.15) is 0 Å². The van der Waals surface area contributed by atoms with E-state index in [0.29, 0.717) is 5.56 Å². The predicted molar refractivity (Wildman–Crippen MR) is 82.1 cm³/mol. The molecular weight excluding hydrogens is 311 g/mol. The highest BCUT2D eigenvalue weighted by Gasteiger charge is 2.19. The average molecular weight is 332 g/mol. The predicted octanol–water partition coefficient (Wildman–Crippen LogP) is 0.986. The maximum Gasteiger partial charge on any atom is 0.353 e. The molecule has 0 spiro atoms. The Labute approximate surface area is 127 Å². The van der Waals surface area contributed by atoms with Crippen molar-refractivity contribution in [2.75, 3.05) is 13.2 Å². The van der Waals surface area contributed by atoms with Gasteiger partial charge in [0.2, 0.25) is 0 Å². The second-order valence-corrected chi connectivity index (χ2v) is 6.40. The summed E-state index contributed by atoms with van der Waals surface area (Å²) in [7, 11) is -3.39. The van der Waals surface area contributed by atoms with Gasteiger partial charge in [0.05, 0.1) is 25.9 Å². The monoisotopic (exact) mass is 332 g/mol. The van der Waals surface area contributed by atoms with Crippen molar-refractivity contribution in [3.05, 3.63) is 44.5 Å². The van der Waals surface area contributed by atoms with Crippen LogP contribution in [0.5, 0.6) is 0 Å². The second kappa shape index (κ2) is 8.24. The first-order valence-electron chi connectivity index (χ1n) is 6.88. The van der Waals surface area contributed by atoms with Gasteiger partial charge in [0.25, 0.3) is 5.56 Å². The lowest BCUT2D eigenvalue weighted by Crippen LogP contribution is -2.33. The number of H-pyrrole nitrogens is 1. The number of nitrogens with zero attached hydrogens (tertiary/aromatic N) is 1. The molecule has 1 unspecified atom stereocenters. The fraction of sp³-hybridized carbons (Fsp3) is 0.538. The van der Waals surface area contributed by atoms with Crippen LogP contribution in [0.1, 0.15) is 19.4 Å². The molecule has 0 bridgehead atoms. The molecule has 1 aromatic heterocycles. The molecule has 0 aliphatic heterocycles. The average Bonchev–Trinajstić information content (AvgIpc) is 2.43. The van der Waals surface area contributed by atoms with Gasteiger partial charge in [-0.15, -0.1) is 0 Å². The molecule has 9 heteroatoms. The number of aromatic amines is 1. The van der Waals surface area contributed by atoms with Gasteiger partial charge in [-0.25, -0.2) is 4.79 Å². The first kappa shape index (κ1) is 18.6. The number of nitrogens with one attached hydrogen (secondary N) is 1. The second-order valence-electron chi connectivity index (χ2n) is 4.51. The third kappa shape index (κ3) is 5.38. The molecule has 0 radical (unpaired) electrons. The van der Waals surface area contributed by atoms with Crippen molar-refractivity contribution in [2.45, 2.75) is 33.4 Å². The molecule has 0 saturated carbocycles. The zero-order chi connectivity index (χ0) is 16.8. The maximum absolute atomic E-state index is 12.2. The summed E-state index contributed by atoms with van der Waals surface area (Å²) in [4.78, 5) is 25.0. The molecular formula is C13H21N2O6P. The van der Waals surface area contributed by atoms with Gasteiger partial charge in [-0.2, -0.15) is 0 Å². The van der Waals surface area contributed by atoms with Crippen molar-refractivity contribution in [3.8, 4) is 0 Å². The molecule has 0 aromatic carbocycles. The number of rotatable bonds is 8. The Hall–Kier alpha value is -1.47. The number of aliphatic hydroxyl groups is 1. The summed E-state index contributed by atoms with van der Waals surface area (Å²) in [6.07, 6.45) is 1.51. The highest BCUT2D eigenvalue weighted by atomic mass is 31.2. The molecule has 0 fully saturated rings. The zero-order valence-corrected chi connectivity index (χ0v) is 13.7. The minimum absolute atomic E-state index is 0.0921. The number of hydrogen-bond donors (Lipinski definition) is 2. The molecule has 0 aliphatic carbocycles. The van der Waals surface area contributed by atoms with Gasteiger partial charge in [-0.3, -0.25) is 18.9 Å². The molecule has 1 aromatic rings. The van der Waals surface area contributed by atoms with E-state index in [1.807, 2.05) is 0 Å². The zero-order valence-electron chi connectivity index (χ0n) is 12.8. The van der Waals surface area contributed by atoms with Crippen LogP contribution >= 0.6 is 7.60 Å². The Morgan fingerprint density at radius 1 is 1.36 bits per heavy atom. The number of aromatic nitrogens is 2. The van der Waals surface area contributed by atoms with Crippen molar-refractivity contribution >= 4 is 7.60 Å². The molecule has 22 heavy (non-hydrogen) atoms. The van der Waals surface area contributed by atoms with Crippen molar-refractivity contribution in [2.24, 2.45) is 0 Å². The van der Waals surface area contributed by atoms with Crippen molar-refractivity contribution in [3.63, 3.8) is 0 Å². The van der Waals surface area contributed by atoms with Crippen LogP contribution in [0.4, 0.5) is 0 Å². The molecule has 1 rings (SSSR count). The highest BCUT2D eigenvalue weighted by molar-refractivity contribution is 7.57. The summed E-state index contributed by atoms with van der Waals surface area (Å²) in [6, 6.07) is 0. The summed E-state index contributed by atoms with van der Waals surface area (Å²) in [5, 5.41) is 9.92. The van der Waals surface area contributed by atoms with Crippen LogP contribution in [0.2, 0.25) is 0 Å². The van der Waals surface area contributed by atoms with Crippen LogP contribution in [-0.2, 0) is 20.2 Å². The quantitative estimate of drug-likeness (QED) is 0.687. The van der Waals surface area contributed by atoms with Gasteiger partial charge >= 0.3 is 13.3 Å². The molecule has 124 valence electrons. The van der Waals surface area contributed by atoms with Gasteiger partial charge < -0.3 is 14.2 Å². The lowest BCUT2D eigenvalue weighted by molar-refractivity contribution is 0.197. The summed E-state index contributed by atoms with van der Waals surface area (Å²) >= 11 is 0. The first-order chi connectivity index (χ1) is 10.3. The van der Waals surface area contributed by atoms with Crippen LogP contribution in [0.25, 0.3) is 0 Å².